The Morgan fingerprint density at radius 2 is 2.22 bits per heavy atom. The number of nitrogens with one attached hydrogen (secondary N) is 1. The molecule has 0 atom stereocenters. The highest BCUT2D eigenvalue weighted by Crippen LogP contribution is 2.34. The lowest BCUT2D eigenvalue weighted by atomic mass is 10.1. The van der Waals surface area contributed by atoms with Gasteiger partial charge in [-0.1, -0.05) is 15.9 Å². The molecule has 0 fully saturated rings. The number of benzene rings is 1. The van der Waals surface area contributed by atoms with Crippen molar-refractivity contribution in [3.8, 4) is 0 Å². The summed E-state index contributed by atoms with van der Waals surface area (Å²) < 4.78 is 2.68. The van der Waals surface area contributed by atoms with Crippen LogP contribution in [0.5, 0.6) is 0 Å². The van der Waals surface area contributed by atoms with Gasteiger partial charge in [-0.3, -0.25) is 9.48 Å². The molecule has 3 rings (SSSR count). The number of carbonyl (C=O) groups is 1. The Morgan fingerprint density at radius 3 is 2.94 bits per heavy atom. The Kier molecular flexibility index (Phi) is 2.56. The van der Waals surface area contributed by atoms with Gasteiger partial charge in [0.25, 0.3) is 5.91 Å². The standard InChI is InChI=1S/C13H10BrN3O/c1-17-9(4-5-15-17)7-11-10-6-8(14)2-3-12(10)16-13(11)18/h2-7H,1H3,(H,16,18)/b11-7-. The number of halogens is 1. The van der Waals surface area contributed by atoms with E-state index in [1.807, 2.05) is 37.4 Å². The zero-order valence-corrected chi connectivity index (χ0v) is 11.2. The number of aromatic nitrogens is 2. The first-order chi connectivity index (χ1) is 8.65. The van der Waals surface area contributed by atoms with Crippen LogP contribution in [-0.2, 0) is 11.8 Å². The average molecular weight is 304 g/mol. The smallest absolute Gasteiger partial charge is 0.256 e. The van der Waals surface area contributed by atoms with Crippen molar-refractivity contribution in [3.63, 3.8) is 0 Å². The van der Waals surface area contributed by atoms with Gasteiger partial charge in [-0.05, 0) is 30.3 Å². The van der Waals surface area contributed by atoms with Gasteiger partial charge >= 0.3 is 0 Å². The number of aryl methyl sites for hydroxylation is 1. The van der Waals surface area contributed by atoms with Crippen LogP contribution in [0.1, 0.15) is 11.3 Å². The Morgan fingerprint density at radius 1 is 1.39 bits per heavy atom. The SMILES string of the molecule is Cn1nccc1/C=C1\C(=O)Nc2ccc(Br)cc21. The van der Waals surface area contributed by atoms with Gasteiger partial charge in [0.2, 0.25) is 0 Å². The Hall–Kier alpha value is -1.88. The van der Waals surface area contributed by atoms with Gasteiger partial charge in [-0.2, -0.15) is 5.10 Å². The molecule has 5 heteroatoms. The molecular formula is C13H10BrN3O. The number of amides is 1. The molecule has 0 saturated heterocycles. The second-order valence-electron chi connectivity index (χ2n) is 4.08. The maximum Gasteiger partial charge on any atom is 0.256 e. The minimum atomic E-state index is -0.0794. The summed E-state index contributed by atoms with van der Waals surface area (Å²) in [5.41, 5.74) is 3.31. The zero-order chi connectivity index (χ0) is 12.7. The van der Waals surface area contributed by atoms with E-state index < -0.39 is 0 Å². The van der Waals surface area contributed by atoms with E-state index in [4.69, 9.17) is 0 Å². The van der Waals surface area contributed by atoms with Crippen molar-refractivity contribution in [1.82, 2.24) is 9.78 Å². The van der Waals surface area contributed by atoms with Crippen LogP contribution in [0.4, 0.5) is 5.69 Å². The van der Waals surface area contributed by atoms with Gasteiger partial charge in [0.15, 0.2) is 0 Å². The van der Waals surface area contributed by atoms with Crippen molar-refractivity contribution in [3.05, 3.63) is 46.2 Å². The topological polar surface area (TPSA) is 46.9 Å². The highest BCUT2D eigenvalue weighted by Gasteiger charge is 2.24. The number of hydrogen-bond acceptors (Lipinski definition) is 2. The third-order valence-corrected chi connectivity index (χ3v) is 3.41. The first-order valence-electron chi connectivity index (χ1n) is 5.46. The number of rotatable bonds is 1. The lowest BCUT2D eigenvalue weighted by Crippen LogP contribution is -2.04. The van der Waals surface area contributed by atoms with Crippen LogP contribution in [0.15, 0.2) is 34.9 Å². The molecular weight excluding hydrogens is 294 g/mol. The normalized spacial score (nSPS) is 15.9. The molecule has 0 bridgehead atoms. The molecule has 0 aliphatic carbocycles. The molecule has 1 aromatic carbocycles. The van der Waals surface area contributed by atoms with E-state index in [-0.39, 0.29) is 5.91 Å². The van der Waals surface area contributed by atoms with E-state index in [1.54, 1.807) is 10.9 Å². The fraction of sp³-hybridized carbons (Fsp3) is 0.0769. The van der Waals surface area contributed by atoms with Gasteiger partial charge in [-0.15, -0.1) is 0 Å². The first kappa shape index (κ1) is 11.2. The second-order valence-corrected chi connectivity index (χ2v) is 5.00. The minimum Gasteiger partial charge on any atom is -0.321 e. The number of hydrogen-bond donors (Lipinski definition) is 1. The predicted octanol–water partition coefficient (Wildman–Crippen LogP) is 2.68. The number of nitrogens with zero attached hydrogens (tertiary/aromatic N) is 2. The van der Waals surface area contributed by atoms with Crippen LogP contribution in [0.3, 0.4) is 0 Å². The summed E-state index contributed by atoms with van der Waals surface area (Å²) in [6.07, 6.45) is 3.56. The van der Waals surface area contributed by atoms with Crippen LogP contribution in [-0.4, -0.2) is 15.7 Å². The van der Waals surface area contributed by atoms with E-state index in [1.165, 1.54) is 0 Å². The number of fused-ring (bicyclic) bond motifs is 1. The van der Waals surface area contributed by atoms with Crippen LogP contribution < -0.4 is 5.32 Å². The summed E-state index contributed by atoms with van der Waals surface area (Å²) in [5.74, 6) is -0.0794. The highest BCUT2D eigenvalue weighted by atomic mass is 79.9. The van der Waals surface area contributed by atoms with Gasteiger partial charge in [0.05, 0.1) is 11.3 Å². The molecule has 0 spiro atoms. The third kappa shape index (κ3) is 1.76. The van der Waals surface area contributed by atoms with Gasteiger partial charge in [0.1, 0.15) is 0 Å². The van der Waals surface area contributed by atoms with Crippen molar-refractivity contribution < 1.29 is 4.79 Å². The summed E-state index contributed by atoms with van der Waals surface area (Å²) in [5, 5.41) is 6.94. The van der Waals surface area contributed by atoms with E-state index in [2.05, 4.69) is 26.3 Å². The average Bonchev–Trinajstić information content (AvgIpc) is 2.86. The van der Waals surface area contributed by atoms with Gasteiger partial charge in [0, 0.05) is 29.0 Å². The number of anilines is 1. The molecule has 4 nitrogen and oxygen atoms in total. The van der Waals surface area contributed by atoms with Gasteiger partial charge < -0.3 is 5.32 Å². The molecule has 2 heterocycles. The van der Waals surface area contributed by atoms with Crippen LogP contribution in [0.25, 0.3) is 11.6 Å². The lowest BCUT2D eigenvalue weighted by molar-refractivity contribution is -0.110. The van der Waals surface area contributed by atoms with Crippen molar-refractivity contribution >= 4 is 39.2 Å². The summed E-state index contributed by atoms with van der Waals surface area (Å²) in [4.78, 5) is 12.0. The molecule has 1 N–H and O–H groups in total. The summed E-state index contributed by atoms with van der Waals surface area (Å²) in [6, 6.07) is 7.61. The summed E-state index contributed by atoms with van der Waals surface area (Å²) in [6.45, 7) is 0. The number of carbonyl (C=O) groups excluding carboxylic acids is 1. The molecule has 1 aliphatic heterocycles. The molecule has 18 heavy (non-hydrogen) atoms. The van der Waals surface area contributed by atoms with Crippen LogP contribution in [0, 0.1) is 0 Å². The second kappa shape index (κ2) is 4.10. The van der Waals surface area contributed by atoms with Crippen molar-refractivity contribution in [1.29, 1.82) is 0 Å². The molecule has 1 aliphatic rings. The first-order valence-corrected chi connectivity index (χ1v) is 6.25. The molecule has 0 unspecified atom stereocenters. The molecule has 1 aromatic heterocycles. The maximum absolute atomic E-state index is 12.0. The Bertz CT molecular complexity index is 673. The largest absolute Gasteiger partial charge is 0.321 e. The molecule has 0 radical (unpaired) electrons. The molecule has 0 saturated carbocycles. The third-order valence-electron chi connectivity index (χ3n) is 2.92. The zero-order valence-electron chi connectivity index (χ0n) is 9.64. The fourth-order valence-electron chi connectivity index (χ4n) is 1.98. The summed E-state index contributed by atoms with van der Waals surface area (Å²) in [7, 11) is 1.85. The molecule has 90 valence electrons. The van der Waals surface area contributed by atoms with E-state index in [0.29, 0.717) is 5.57 Å². The minimum absolute atomic E-state index is 0.0794. The monoisotopic (exact) mass is 303 g/mol. The van der Waals surface area contributed by atoms with Crippen molar-refractivity contribution in [2.45, 2.75) is 0 Å². The predicted molar refractivity (Wildman–Crippen MR) is 73.9 cm³/mol. The fourth-order valence-corrected chi connectivity index (χ4v) is 2.34. The van der Waals surface area contributed by atoms with Crippen LogP contribution >= 0.6 is 15.9 Å². The van der Waals surface area contributed by atoms with E-state index in [0.717, 1.165) is 21.4 Å². The highest BCUT2D eigenvalue weighted by molar-refractivity contribution is 9.10. The van der Waals surface area contributed by atoms with E-state index >= 15 is 0 Å². The molecule has 1 amide bonds. The Labute approximate surface area is 112 Å². The Balaban J connectivity index is 2.14. The maximum atomic E-state index is 12.0. The molecule has 2 aromatic rings. The quantitative estimate of drug-likeness (QED) is 0.823. The van der Waals surface area contributed by atoms with Crippen LogP contribution in [0.2, 0.25) is 0 Å². The van der Waals surface area contributed by atoms with Gasteiger partial charge in [-0.25, -0.2) is 0 Å². The van der Waals surface area contributed by atoms with Crippen molar-refractivity contribution in [2.24, 2.45) is 7.05 Å². The van der Waals surface area contributed by atoms with Crippen molar-refractivity contribution in [2.75, 3.05) is 5.32 Å². The summed E-state index contributed by atoms with van der Waals surface area (Å²) >= 11 is 3.42. The van der Waals surface area contributed by atoms with E-state index in [9.17, 15) is 4.79 Å². The lowest BCUT2D eigenvalue weighted by Gasteiger charge is -2.00.